The average Bonchev–Trinajstić information content (AvgIpc) is 2.78. The maximum atomic E-state index is 12.3. The fourth-order valence-corrected chi connectivity index (χ4v) is 3.99. The van der Waals surface area contributed by atoms with Crippen molar-refractivity contribution in [2.24, 2.45) is 0 Å². The number of anilines is 1. The van der Waals surface area contributed by atoms with Gasteiger partial charge in [0.2, 0.25) is 10.0 Å². The topological polar surface area (TPSA) is 92.4 Å². The van der Waals surface area contributed by atoms with Gasteiger partial charge in [0.05, 0.1) is 17.8 Å². The van der Waals surface area contributed by atoms with Crippen molar-refractivity contribution in [3.05, 3.63) is 24.3 Å². The number of nitrogens with two attached hydrogens (primary N) is 1. The first-order valence-electron chi connectivity index (χ1n) is 5.98. The Labute approximate surface area is 107 Å². The number of para-hydroxylation sites is 1. The number of hydrogen-bond donors (Lipinski definition) is 3. The SMILES string of the molecule is Nc1ccccc1S(=O)(=O)NC1(CO)CCCC1. The summed E-state index contributed by atoms with van der Waals surface area (Å²) in [6.07, 6.45) is 3.17. The fraction of sp³-hybridized carbons (Fsp3) is 0.500. The van der Waals surface area contributed by atoms with E-state index >= 15 is 0 Å². The highest BCUT2D eigenvalue weighted by Crippen LogP contribution is 2.31. The Balaban J connectivity index is 2.30. The van der Waals surface area contributed by atoms with Crippen LogP contribution in [0.5, 0.6) is 0 Å². The molecule has 0 heterocycles. The Kier molecular flexibility index (Phi) is 3.61. The van der Waals surface area contributed by atoms with Gasteiger partial charge in [-0.25, -0.2) is 13.1 Å². The van der Waals surface area contributed by atoms with E-state index in [0.717, 1.165) is 12.8 Å². The van der Waals surface area contributed by atoms with Crippen molar-refractivity contribution >= 4 is 15.7 Å². The lowest BCUT2D eigenvalue weighted by atomic mass is 10.0. The minimum Gasteiger partial charge on any atom is -0.398 e. The van der Waals surface area contributed by atoms with Crippen LogP contribution in [-0.2, 0) is 10.0 Å². The molecule has 1 aromatic carbocycles. The van der Waals surface area contributed by atoms with Crippen LogP contribution < -0.4 is 10.5 Å². The molecule has 0 radical (unpaired) electrons. The van der Waals surface area contributed by atoms with Gasteiger partial charge in [-0.15, -0.1) is 0 Å². The molecule has 1 fully saturated rings. The number of rotatable bonds is 4. The number of nitrogens with one attached hydrogen (secondary N) is 1. The molecule has 1 aliphatic rings. The monoisotopic (exact) mass is 270 g/mol. The average molecular weight is 270 g/mol. The fourth-order valence-electron chi connectivity index (χ4n) is 2.41. The Morgan fingerprint density at radius 1 is 1.28 bits per heavy atom. The molecule has 0 amide bonds. The van der Waals surface area contributed by atoms with Crippen molar-refractivity contribution in [3.8, 4) is 0 Å². The zero-order valence-electron chi connectivity index (χ0n) is 10.1. The molecule has 100 valence electrons. The number of aliphatic hydroxyl groups excluding tert-OH is 1. The highest BCUT2D eigenvalue weighted by Gasteiger charge is 2.37. The van der Waals surface area contributed by atoms with Crippen LogP contribution in [0.15, 0.2) is 29.2 Å². The van der Waals surface area contributed by atoms with Crippen LogP contribution >= 0.6 is 0 Å². The molecule has 0 atom stereocenters. The first-order valence-corrected chi connectivity index (χ1v) is 7.47. The van der Waals surface area contributed by atoms with Gasteiger partial charge in [-0.05, 0) is 25.0 Å². The summed E-state index contributed by atoms with van der Waals surface area (Å²) in [7, 11) is -3.68. The van der Waals surface area contributed by atoms with Gasteiger partial charge in [0.25, 0.3) is 0 Å². The van der Waals surface area contributed by atoms with Crippen molar-refractivity contribution in [2.45, 2.75) is 36.1 Å². The van der Waals surface area contributed by atoms with E-state index < -0.39 is 15.6 Å². The summed E-state index contributed by atoms with van der Waals surface area (Å²) in [6.45, 7) is -0.182. The predicted octanol–water partition coefficient (Wildman–Crippen LogP) is 0.852. The third kappa shape index (κ3) is 2.50. The molecule has 0 unspecified atom stereocenters. The quantitative estimate of drug-likeness (QED) is 0.707. The van der Waals surface area contributed by atoms with Gasteiger partial charge < -0.3 is 10.8 Å². The van der Waals surface area contributed by atoms with E-state index in [9.17, 15) is 13.5 Å². The summed E-state index contributed by atoms with van der Waals surface area (Å²) in [4.78, 5) is 0.0738. The molecule has 1 aromatic rings. The predicted molar refractivity (Wildman–Crippen MR) is 69.5 cm³/mol. The lowest BCUT2D eigenvalue weighted by Gasteiger charge is -2.27. The Morgan fingerprint density at radius 2 is 1.89 bits per heavy atom. The number of benzene rings is 1. The zero-order chi connectivity index (χ0) is 13.2. The molecule has 0 bridgehead atoms. The van der Waals surface area contributed by atoms with Gasteiger partial charge in [0.15, 0.2) is 0 Å². The smallest absolute Gasteiger partial charge is 0.243 e. The number of hydrogen-bond acceptors (Lipinski definition) is 4. The molecule has 0 aromatic heterocycles. The van der Waals surface area contributed by atoms with Crippen molar-refractivity contribution < 1.29 is 13.5 Å². The summed E-state index contributed by atoms with van der Waals surface area (Å²) >= 11 is 0. The van der Waals surface area contributed by atoms with Crippen LogP contribution in [0.1, 0.15) is 25.7 Å². The number of sulfonamides is 1. The third-order valence-corrected chi connectivity index (χ3v) is 5.08. The second-order valence-electron chi connectivity index (χ2n) is 4.79. The lowest BCUT2D eigenvalue weighted by Crippen LogP contribution is -2.49. The minimum atomic E-state index is -3.68. The molecular weight excluding hydrogens is 252 g/mol. The Bertz CT molecular complexity index is 522. The zero-order valence-corrected chi connectivity index (χ0v) is 10.9. The van der Waals surface area contributed by atoms with E-state index in [1.807, 2.05) is 0 Å². The summed E-state index contributed by atoms with van der Waals surface area (Å²) < 4.78 is 27.2. The van der Waals surface area contributed by atoms with E-state index in [4.69, 9.17) is 5.73 Å². The minimum absolute atomic E-state index is 0.0738. The molecule has 1 saturated carbocycles. The van der Waals surface area contributed by atoms with Gasteiger partial charge in [-0.3, -0.25) is 0 Å². The molecule has 0 spiro atoms. The number of aliphatic hydroxyl groups is 1. The van der Waals surface area contributed by atoms with Crippen LogP contribution in [0.4, 0.5) is 5.69 Å². The summed E-state index contributed by atoms with van der Waals surface area (Å²) in [6, 6.07) is 6.34. The van der Waals surface area contributed by atoms with Crippen molar-refractivity contribution in [1.82, 2.24) is 4.72 Å². The highest BCUT2D eigenvalue weighted by molar-refractivity contribution is 7.89. The second kappa shape index (κ2) is 4.87. The second-order valence-corrected chi connectivity index (χ2v) is 6.44. The largest absolute Gasteiger partial charge is 0.398 e. The van der Waals surface area contributed by atoms with Crippen LogP contribution in [0.25, 0.3) is 0 Å². The van der Waals surface area contributed by atoms with Gasteiger partial charge in [0.1, 0.15) is 4.90 Å². The van der Waals surface area contributed by atoms with Gasteiger partial charge >= 0.3 is 0 Å². The standard InChI is InChI=1S/C12H18N2O3S/c13-10-5-1-2-6-11(10)18(16,17)14-12(9-15)7-3-4-8-12/h1-2,5-6,14-15H,3-4,7-9,13H2. The normalized spacial score (nSPS) is 18.9. The molecule has 1 aliphatic carbocycles. The molecule has 2 rings (SSSR count). The van der Waals surface area contributed by atoms with Gasteiger partial charge in [0, 0.05) is 0 Å². The maximum Gasteiger partial charge on any atom is 0.243 e. The summed E-state index contributed by atoms with van der Waals surface area (Å²) in [5.41, 5.74) is 5.18. The molecule has 0 aliphatic heterocycles. The van der Waals surface area contributed by atoms with Crippen molar-refractivity contribution in [1.29, 1.82) is 0 Å². The van der Waals surface area contributed by atoms with E-state index in [1.165, 1.54) is 6.07 Å². The molecular formula is C12H18N2O3S. The van der Waals surface area contributed by atoms with Gasteiger partial charge in [-0.1, -0.05) is 25.0 Å². The number of nitrogen functional groups attached to an aromatic ring is 1. The first kappa shape index (κ1) is 13.3. The van der Waals surface area contributed by atoms with Crippen molar-refractivity contribution in [3.63, 3.8) is 0 Å². The van der Waals surface area contributed by atoms with E-state index in [2.05, 4.69) is 4.72 Å². The summed E-state index contributed by atoms with van der Waals surface area (Å²) in [5.74, 6) is 0. The molecule has 6 heteroatoms. The highest BCUT2D eigenvalue weighted by atomic mass is 32.2. The van der Waals surface area contributed by atoms with E-state index in [0.29, 0.717) is 12.8 Å². The lowest BCUT2D eigenvalue weighted by molar-refractivity contribution is 0.185. The van der Waals surface area contributed by atoms with Crippen molar-refractivity contribution in [2.75, 3.05) is 12.3 Å². The third-order valence-electron chi connectivity index (χ3n) is 3.42. The van der Waals surface area contributed by atoms with Crippen LogP contribution in [0.2, 0.25) is 0 Å². The van der Waals surface area contributed by atoms with E-state index in [1.54, 1.807) is 18.2 Å². The van der Waals surface area contributed by atoms with E-state index in [-0.39, 0.29) is 17.2 Å². The molecule has 5 nitrogen and oxygen atoms in total. The Hall–Kier alpha value is -1.11. The molecule has 18 heavy (non-hydrogen) atoms. The van der Waals surface area contributed by atoms with Crippen LogP contribution in [0.3, 0.4) is 0 Å². The Morgan fingerprint density at radius 3 is 2.44 bits per heavy atom. The molecule has 0 saturated heterocycles. The molecule has 4 N–H and O–H groups in total. The maximum absolute atomic E-state index is 12.3. The first-order chi connectivity index (χ1) is 8.49. The van der Waals surface area contributed by atoms with Crippen LogP contribution in [-0.4, -0.2) is 25.7 Å². The summed E-state index contributed by atoms with van der Waals surface area (Å²) in [5, 5.41) is 9.44. The van der Waals surface area contributed by atoms with Crippen LogP contribution in [0, 0.1) is 0 Å². The van der Waals surface area contributed by atoms with Gasteiger partial charge in [-0.2, -0.15) is 0 Å².